The average Bonchev–Trinajstić information content (AvgIpc) is 2.14. The Morgan fingerprint density at radius 3 is 2.19 bits per heavy atom. The van der Waals surface area contributed by atoms with Crippen LogP contribution in [0, 0.1) is 0 Å². The molecule has 2 radical (unpaired) electrons. The van der Waals surface area contributed by atoms with E-state index in [0.717, 1.165) is 12.8 Å². The molecule has 1 unspecified atom stereocenters. The van der Waals surface area contributed by atoms with Crippen molar-refractivity contribution in [1.82, 2.24) is 5.32 Å². The lowest BCUT2D eigenvalue weighted by molar-refractivity contribution is 0.187. The minimum atomic E-state index is -1.05. The number of hydrogen-bond acceptors (Lipinski definition) is 1. The largest absolute Gasteiger partial charge is 0.465 e. The number of nitrogens with one attached hydrogen (secondary N) is 1. The van der Waals surface area contributed by atoms with Crippen LogP contribution in [-0.4, -0.2) is 24.5 Å². The minimum Gasteiger partial charge on any atom is -0.465 e. The Morgan fingerprint density at radius 1 is 1.19 bits per heavy atom. The number of amides is 1. The van der Waals surface area contributed by atoms with Crippen molar-refractivity contribution in [2.75, 3.05) is 0 Å². The normalized spacial score (nSPS) is 14.4. The van der Waals surface area contributed by atoms with Crippen LogP contribution >= 0.6 is 0 Å². The molecule has 2 N–H and O–H groups in total. The van der Waals surface area contributed by atoms with Gasteiger partial charge < -0.3 is 10.4 Å². The molecule has 0 aliphatic rings. The summed E-state index contributed by atoms with van der Waals surface area (Å²) in [4.78, 5) is 10.4. The molecule has 0 saturated heterocycles. The van der Waals surface area contributed by atoms with Gasteiger partial charge in [-0.3, -0.25) is 0 Å². The number of carboxylic acid groups (broad SMARTS) is 1. The summed E-state index contributed by atoms with van der Waals surface area (Å²) < 4.78 is 0. The molecule has 0 aliphatic heterocycles. The highest BCUT2D eigenvalue weighted by atomic mass is 16.4. The Balaban J connectivity index is 3.39. The lowest BCUT2D eigenvalue weighted by Crippen LogP contribution is -2.45. The molecule has 16 heavy (non-hydrogen) atoms. The first-order valence-electron chi connectivity index (χ1n) is 6.28. The quantitative estimate of drug-likeness (QED) is 0.467. The first kappa shape index (κ1) is 15.3. The summed E-state index contributed by atoms with van der Waals surface area (Å²) in [7, 11) is 5.79. The molecule has 4 heteroatoms. The van der Waals surface area contributed by atoms with Gasteiger partial charge in [-0.05, 0) is 6.42 Å². The van der Waals surface area contributed by atoms with Gasteiger partial charge >= 0.3 is 6.09 Å². The molecular formula is C12H24BNO2. The van der Waals surface area contributed by atoms with Crippen LogP contribution in [0.15, 0.2) is 0 Å². The Hall–Kier alpha value is -0.665. The Bertz CT molecular complexity index is 195. The number of hydrogen-bond donors (Lipinski definition) is 2. The predicted molar refractivity (Wildman–Crippen MR) is 67.9 cm³/mol. The van der Waals surface area contributed by atoms with Crippen molar-refractivity contribution >= 4 is 13.9 Å². The van der Waals surface area contributed by atoms with Gasteiger partial charge in [0.2, 0.25) is 0 Å². The second kappa shape index (κ2) is 8.48. The maximum absolute atomic E-state index is 10.4. The predicted octanol–water partition coefficient (Wildman–Crippen LogP) is 3.28. The molecule has 0 saturated carbocycles. The van der Waals surface area contributed by atoms with E-state index in [4.69, 9.17) is 13.0 Å². The third-order valence-electron chi connectivity index (χ3n) is 2.69. The van der Waals surface area contributed by atoms with Gasteiger partial charge in [0.1, 0.15) is 7.85 Å². The lowest BCUT2D eigenvalue weighted by atomic mass is 9.75. The Labute approximate surface area is 100 Å². The highest BCUT2D eigenvalue weighted by Gasteiger charge is 2.18. The molecule has 0 bridgehead atoms. The standard InChI is InChI=1S/C12H24BNO2/c1-3-4-5-6-7-8-9-10-12(2,13)14-11(15)16/h14H,3-10H2,1-2H3,(H,15,16). The van der Waals surface area contributed by atoms with E-state index in [1.54, 1.807) is 6.92 Å². The summed E-state index contributed by atoms with van der Waals surface area (Å²) in [6.45, 7) is 3.93. The summed E-state index contributed by atoms with van der Waals surface area (Å²) in [6, 6.07) is 0. The van der Waals surface area contributed by atoms with Gasteiger partial charge in [-0.15, -0.1) is 0 Å². The molecule has 0 aliphatic carbocycles. The Morgan fingerprint density at radius 2 is 1.69 bits per heavy atom. The summed E-state index contributed by atoms with van der Waals surface area (Å²) in [6.07, 6.45) is 8.17. The number of carbonyl (C=O) groups is 1. The first-order chi connectivity index (χ1) is 7.48. The molecule has 1 amide bonds. The SMILES string of the molecule is [B]C(C)(CCCCCCCCC)NC(=O)O. The average molecular weight is 225 g/mol. The van der Waals surface area contributed by atoms with Crippen molar-refractivity contribution in [1.29, 1.82) is 0 Å². The second-order valence-corrected chi connectivity index (χ2v) is 4.72. The maximum Gasteiger partial charge on any atom is 0.404 e. The molecule has 0 fully saturated rings. The maximum atomic E-state index is 10.4. The molecule has 0 aromatic rings. The summed E-state index contributed by atoms with van der Waals surface area (Å²) >= 11 is 0. The summed E-state index contributed by atoms with van der Waals surface area (Å²) in [5.74, 6) is 0. The van der Waals surface area contributed by atoms with E-state index in [9.17, 15) is 4.79 Å². The van der Waals surface area contributed by atoms with E-state index in [1.807, 2.05) is 0 Å². The van der Waals surface area contributed by atoms with Gasteiger partial charge in [0.05, 0.1) is 0 Å². The van der Waals surface area contributed by atoms with Crippen molar-refractivity contribution in [3.8, 4) is 0 Å². The lowest BCUT2D eigenvalue weighted by Gasteiger charge is -2.24. The summed E-state index contributed by atoms with van der Waals surface area (Å²) in [5.41, 5.74) is -0.782. The van der Waals surface area contributed by atoms with Crippen LogP contribution in [0.5, 0.6) is 0 Å². The zero-order valence-corrected chi connectivity index (χ0v) is 10.6. The van der Waals surface area contributed by atoms with Crippen LogP contribution in [0.25, 0.3) is 0 Å². The van der Waals surface area contributed by atoms with E-state index in [2.05, 4.69) is 12.2 Å². The highest BCUT2D eigenvalue weighted by molar-refractivity contribution is 6.16. The van der Waals surface area contributed by atoms with Crippen LogP contribution in [-0.2, 0) is 0 Å². The zero-order valence-electron chi connectivity index (χ0n) is 10.6. The van der Waals surface area contributed by atoms with Gasteiger partial charge in [-0.1, -0.05) is 58.8 Å². The van der Waals surface area contributed by atoms with Crippen molar-refractivity contribution in [3.63, 3.8) is 0 Å². The van der Waals surface area contributed by atoms with Gasteiger partial charge in [-0.2, -0.15) is 0 Å². The molecule has 0 spiro atoms. The fourth-order valence-corrected chi connectivity index (χ4v) is 1.76. The van der Waals surface area contributed by atoms with E-state index >= 15 is 0 Å². The molecule has 0 aromatic heterocycles. The van der Waals surface area contributed by atoms with E-state index in [-0.39, 0.29) is 0 Å². The van der Waals surface area contributed by atoms with Crippen LogP contribution in [0.3, 0.4) is 0 Å². The molecule has 3 nitrogen and oxygen atoms in total. The number of unbranched alkanes of at least 4 members (excludes halogenated alkanes) is 6. The number of rotatable bonds is 9. The fraction of sp³-hybridized carbons (Fsp3) is 0.917. The molecule has 0 rings (SSSR count). The van der Waals surface area contributed by atoms with Gasteiger partial charge in [0, 0.05) is 5.44 Å². The van der Waals surface area contributed by atoms with Gasteiger partial charge in [0.25, 0.3) is 0 Å². The van der Waals surface area contributed by atoms with Crippen molar-refractivity contribution < 1.29 is 9.90 Å². The van der Waals surface area contributed by atoms with Crippen molar-refractivity contribution in [2.24, 2.45) is 0 Å². The Kier molecular flexibility index (Phi) is 8.13. The molecule has 1 atom stereocenters. The minimum absolute atomic E-state index is 0.701. The first-order valence-corrected chi connectivity index (χ1v) is 6.28. The summed E-state index contributed by atoms with van der Waals surface area (Å²) in [5, 5.41) is 10.9. The van der Waals surface area contributed by atoms with Gasteiger partial charge in [-0.25, -0.2) is 4.79 Å². The van der Waals surface area contributed by atoms with Gasteiger partial charge in [0.15, 0.2) is 0 Å². The zero-order chi connectivity index (χ0) is 12.4. The molecule has 92 valence electrons. The van der Waals surface area contributed by atoms with Crippen LogP contribution in [0.4, 0.5) is 4.79 Å². The van der Waals surface area contributed by atoms with Crippen LogP contribution < -0.4 is 5.32 Å². The monoisotopic (exact) mass is 225 g/mol. The highest BCUT2D eigenvalue weighted by Crippen LogP contribution is 2.13. The van der Waals surface area contributed by atoms with E-state index in [0.29, 0.717) is 6.42 Å². The van der Waals surface area contributed by atoms with Crippen LogP contribution in [0.1, 0.15) is 65.2 Å². The van der Waals surface area contributed by atoms with E-state index in [1.165, 1.54) is 32.1 Å². The van der Waals surface area contributed by atoms with E-state index < -0.39 is 11.5 Å². The third-order valence-corrected chi connectivity index (χ3v) is 2.69. The van der Waals surface area contributed by atoms with Crippen LogP contribution in [0.2, 0.25) is 0 Å². The van der Waals surface area contributed by atoms with Crippen molar-refractivity contribution in [3.05, 3.63) is 0 Å². The second-order valence-electron chi connectivity index (χ2n) is 4.72. The molecular weight excluding hydrogens is 201 g/mol. The fourth-order valence-electron chi connectivity index (χ4n) is 1.76. The molecule has 0 aromatic carbocycles. The third kappa shape index (κ3) is 9.87. The molecule has 0 heterocycles. The van der Waals surface area contributed by atoms with Crippen molar-refractivity contribution in [2.45, 2.75) is 70.7 Å². The smallest absolute Gasteiger partial charge is 0.404 e. The topological polar surface area (TPSA) is 49.3 Å².